The summed E-state index contributed by atoms with van der Waals surface area (Å²) < 4.78 is 20.5. The first-order valence-electron chi connectivity index (χ1n) is 9.73. The highest BCUT2D eigenvalue weighted by Gasteiger charge is 2.24. The monoisotopic (exact) mass is 426 g/mol. The van der Waals surface area contributed by atoms with E-state index in [1.807, 2.05) is 0 Å². The number of fused-ring (bicyclic) bond motifs is 1. The average Bonchev–Trinajstić information content (AvgIpc) is 3.44. The first-order valence-corrected chi connectivity index (χ1v) is 10.6. The highest BCUT2D eigenvalue weighted by atomic mass is 32.1. The standard InChI is InChI=1S/C20H19FN6O2S/c1-12-10-15(25-29-12)18(28)23-17-16(13-6-5-7-14(21)11-13)22-19-27(17)24-20(30-19)26-8-3-2-4-9-26/h5-7,10-11H,2-4,8-9H2,1H3,(H,23,28). The number of piperidine rings is 1. The number of anilines is 2. The van der Waals surface area contributed by atoms with Gasteiger partial charge in [0, 0.05) is 24.7 Å². The Morgan fingerprint density at radius 1 is 1.23 bits per heavy atom. The number of nitrogens with zero attached hydrogens (tertiary/aromatic N) is 5. The summed E-state index contributed by atoms with van der Waals surface area (Å²) in [6.07, 6.45) is 3.48. The van der Waals surface area contributed by atoms with Gasteiger partial charge in [-0.15, -0.1) is 5.10 Å². The zero-order valence-corrected chi connectivity index (χ0v) is 17.1. The summed E-state index contributed by atoms with van der Waals surface area (Å²) in [5.74, 6) is 0.0831. The van der Waals surface area contributed by atoms with Crippen LogP contribution in [0.5, 0.6) is 0 Å². The van der Waals surface area contributed by atoms with Crippen molar-refractivity contribution in [1.29, 1.82) is 0 Å². The van der Waals surface area contributed by atoms with Gasteiger partial charge in [-0.25, -0.2) is 9.37 Å². The molecule has 4 heterocycles. The molecule has 1 fully saturated rings. The van der Waals surface area contributed by atoms with Gasteiger partial charge in [0.05, 0.1) is 0 Å². The fourth-order valence-electron chi connectivity index (χ4n) is 3.55. The summed E-state index contributed by atoms with van der Waals surface area (Å²) in [6.45, 7) is 3.62. The number of aryl methyl sites for hydroxylation is 1. The van der Waals surface area contributed by atoms with Crippen LogP contribution in [0.1, 0.15) is 35.5 Å². The van der Waals surface area contributed by atoms with Crippen molar-refractivity contribution in [3.63, 3.8) is 0 Å². The molecule has 8 nitrogen and oxygen atoms in total. The van der Waals surface area contributed by atoms with Crippen molar-refractivity contribution in [2.24, 2.45) is 0 Å². The highest BCUT2D eigenvalue weighted by Crippen LogP contribution is 2.34. The first kappa shape index (κ1) is 18.7. The Bertz CT molecular complexity index is 1220. The van der Waals surface area contributed by atoms with Crippen LogP contribution in [-0.2, 0) is 0 Å². The van der Waals surface area contributed by atoms with Gasteiger partial charge in [-0.3, -0.25) is 4.79 Å². The van der Waals surface area contributed by atoms with E-state index in [-0.39, 0.29) is 11.5 Å². The van der Waals surface area contributed by atoms with Crippen molar-refractivity contribution in [1.82, 2.24) is 19.8 Å². The van der Waals surface area contributed by atoms with Gasteiger partial charge in [-0.05, 0) is 38.3 Å². The number of imidazole rings is 1. The predicted molar refractivity (Wildman–Crippen MR) is 112 cm³/mol. The SMILES string of the molecule is Cc1cc(C(=O)Nc2c(-c3cccc(F)c3)nc3sc(N4CCCCC4)nn23)no1. The number of carbonyl (C=O) groups is 1. The smallest absolute Gasteiger partial charge is 0.279 e. The van der Waals surface area contributed by atoms with E-state index < -0.39 is 5.91 Å². The van der Waals surface area contributed by atoms with E-state index in [2.05, 4.69) is 20.4 Å². The van der Waals surface area contributed by atoms with Crippen LogP contribution in [0.4, 0.5) is 15.3 Å². The van der Waals surface area contributed by atoms with Crippen molar-refractivity contribution in [2.75, 3.05) is 23.3 Å². The van der Waals surface area contributed by atoms with Crippen LogP contribution >= 0.6 is 11.3 Å². The normalized spacial score (nSPS) is 14.4. The lowest BCUT2D eigenvalue weighted by Crippen LogP contribution is -2.29. The van der Waals surface area contributed by atoms with E-state index in [9.17, 15) is 9.18 Å². The van der Waals surface area contributed by atoms with Crippen molar-refractivity contribution >= 4 is 33.2 Å². The Morgan fingerprint density at radius 2 is 2.07 bits per heavy atom. The lowest BCUT2D eigenvalue weighted by Gasteiger charge is -2.25. The molecule has 0 unspecified atom stereocenters. The van der Waals surface area contributed by atoms with E-state index in [0.29, 0.717) is 27.8 Å². The minimum Gasteiger partial charge on any atom is -0.361 e. The molecule has 0 saturated carbocycles. The maximum Gasteiger partial charge on any atom is 0.279 e. The average molecular weight is 426 g/mol. The molecule has 0 radical (unpaired) electrons. The molecule has 154 valence electrons. The second kappa shape index (κ2) is 7.52. The predicted octanol–water partition coefficient (Wildman–Crippen LogP) is 4.14. The number of carbonyl (C=O) groups excluding carboxylic acids is 1. The lowest BCUT2D eigenvalue weighted by molar-refractivity contribution is 0.101. The van der Waals surface area contributed by atoms with Crippen LogP contribution < -0.4 is 10.2 Å². The number of nitrogens with one attached hydrogen (secondary N) is 1. The molecule has 0 atom stereocenters. The number of rotatable bonds is 4. The van der Waals surface area contributed by atoms with Crippen molar-refractivity contribution < 1.29 is 13.7 Å². The summed E-state index contributed by atoms with van der Waals surface area (Å²) in [5, 5.41) is 12.2. The van der Waals surface area contributed by atoms with E-state index >= 15 is 0 Å². The van der Waals surface area contributed by atoms with Crippen LogP contribution in [0.25, 0.3) is 16.2 Å². The van der Waals surface area contributed by atoms with Crippen molar-refractivity contribution in [2.45, 2.75) is 26.2 Å². The van der Waals surface area contributed by atoms with Gasteiger partial charge in [0.25, 0.3) is 5.91 Å². The molecule has 5 rings (SSSR count). The topological polar surface area (TPSA) is 88.6 Å². The van der Waals surface area contributed by atoms with Gasteiger partial charge in [0.1, 0.15) is 17.3 Å². The van der Waals surface area contributed by atoms with Gasteiger partial charge >= 0.3 is 0 Å². The van der Waals surface area contributed by atoms with Gasteiger partial charge in [0.15, 0.2) is 11.5 Å². The van der Waals surface area contributed by atoms with E-state index in [1.54, 1.807) is 29.6 Å². The van der Waals surface area contributed by atoms with Crippen LogP contribution in [0.15, 0.2) is 34.9 Å². The van der Waals surface area contributed by atoms with Crippen LogP contribution in [0.2, 0.25) is 0 Å². The summed E-state index contributed by atoms with van der Waals surface area (Å²) in [6, 6.07) is 7.66. The molecule has 0 aliphatic carbocycles. The van der Waals surface area contributed by atoms with E-state index in [1.165, 1.54) is 29.9 Å². The van der Waals surface area contributed by atoms with Gasteiger partial charge in [-0.2, -0.15) is 4.52 Å². The third-order valence-corrected chi connectivity index (χ3v) is 5.98. The Labute approximate surface area is 175 Å². The molecule has 1 N–H and O–H groups in total. The zero-order valence-electron chi connectivity index (χ0n) is 16.3. The lowest BCUT2D eigenvalue weighted by atomic mass is 10.1. The molecule has 1 aliphatic rings. The van der Waals surface area contributed by atoms with Gasteiger partial charge in [-0.1, -0.05) is 28.6 Å². The molecule has 30 heavy (non-hydrogen) atoms. The number of aromatic nitrogens is 4. The second-order valence-electron chi connectivity index (χ2n) is 7.22. The maximum absolute atomic E-state index is 13.8. The van der Waals surface area contributed by atoms with Crippen LogP contribution in [0, 0.1) is 12.7 Å². The molecule has 1 aliphatic heterocycles. The largest absolute Gasteiger partial charge is 0.361 e. The third kappa shape index (κ3) is 3.43. The Hall–Kier alpha value is -3.27. The third-order valence-electron chi connectivity index (χ3n) is 5.01. The summed E-state index contributed by atoms with van der Waals surface area (Å²) in [4.78, 5) is 20.3. The number of hydrogen-bond donors (Lipinski definition) is 1. The number of benzene rings is 1. The number of halogens is 1. The number of hydrogen-bond acceptors (Lipinski definition) is 7. The molecule has 4 aromatic rings. The second-order valence-corrected chi connectivity index (χ2v) is 8.16. The molecule has 0 spiro atoms. The minimum atomic E-state index is -0.446. The fourth-order valence-corrected chi connectivity index (χ4v) is 4.50. The molecular weight excluding hydrogens is 407 g/mol. The highest BCUT2D eigenvalue weighted by molar-refractivity contribution is 7.20. The van der Waals surface area contributed by atoms with Gasteiger partial charge in [0.2, 0.25) is 10.1 Å². The minimum absolute atomic E-state index is 0.152. The number of amides is 1. The van der Waals surface area contributed by atoms with Crippen molar-refractivity contribution in [3.05, 3.63) is 47.6 Å². The van der Waals surface area contributed by atoms with E-state index in [4.69, 9.17) is 9.62 Å². The molecular formula is C20H19FN6O2S. The van der Waals surface area contributed by atoms with Gasteiger partial charge < -0.3 is 14.7 Å². The van der Waals surface area contributed by atoms with E-state index in [0.717, 1.165) is 31.1 Å². The molecule has 1 aromatic carbocycles. The Kier molecular flexibility index (Phi) is 4.70. The Morgan fingerprint density at radius 3 is 2.80 bits per heavy atom. The molecule has 0 bridgehead atoms. The molecule has 3 aromatic heterocycles. The Balaban J connectivity index is 1.58. The summed E-state index contributed by atoms with van der Waals surface area (Å²) >= 11 is 1.45. The van der Waals surface area contributed by atoms with Crippen molar-refractivity contribution in [3.8, 4) is 11.3 Å². The van der Waals surface area contributed by atoms with Crippen LogP contribution in [0.3, 0.4) is 0 Å². The molecule has 10 heteroatoms. The summed E-state index contributed by atoms with van der Waals surface area (Å²) in [7, 11) is 0. The zero-order chi connectivity index (χ0) is 20.7. The quantitative estimate of drug-likeness (QED) is 0.528. The molecule has 1 amide bonds. The van der Waals surface area contributed by atoms with Crippen LogP contribution in [-0.4, -0.2) is 38.8 Å². The molecule has 1 saturated heterocycles. The maximum atomic E-state index is 13.8. The first-order chi connectivity index (χ1) is 14.6. The fraction of sp³-hybridized carbons (Fsp3) is 0.300. The summed E-state index contributed by atoms with van der Waals surface area (Å²) in [5.41, 5.74) is 1.16.